The fourth-order valence-corrected chi connectivity index (χ4v) is 1.87. The first-order valence-corrected chi connectivity index (χ1v) is 6.03. The first-order chi connectivity index (χ1) is 6.81. The smallest absolute Gasteiger partial charge is 0.265 e. The standard InChI is InChI=1S/C10H15NO3S/c1-10(2,3)8-14-15(12,13)9-6-4-5-7-11-9/h4-7H,8H2,1-3H3. The highest BCUT2D eigenvalue weighted by Crippen LogP contribution is 2.17. The van der Waals surface area contributed by atoms with E-state index in [-0.39, 0.29) is 17.0 Å². The van der Waals surface area contributed by atoms with Crippen LogP contribution in [0, 0.1) is 5.41 Å². The van der Waals surface area contributed by atoms with Crippen LogP contribution in [0.4, 0.5) is 0 Å². The Balaban J connectivity index is 2.78. The van der Waals surface area contributed by atoms with Crippen LogP contribution in [0.1, 0.15) is 20.8 Å². The third kappa shape index (κ3) is 3.97. The molecule has 0 spiro atoms. The molecule has 0 unspecified atom stereocenters. The Hall–Kier alpha value is -0.940. The van der Waals surface area contributed by atoms with Gasteiger partial charge in [0.25, 0.3) is 0 Å². The van der Waals surface area contributed by atoms with E-state index in [1.807, 2.05) is 20.8 Å². The van der Waals surface area contributed by atoms with Crippen LogP contribution in [0.25, 0.3) is 0 Å². The molecule has 0 aliphatic rings. The average molecular weight is 229 g/mol. The maximum Gasteiger partial charge on any atom is 0.314 e. The van der Waals surface area contributed by atoms with Gasteiger partial charge in [0.05, 0.1) is 6.61 Å². The predicted molar refractivity (Wildman–Crippen MR) is 56.8 cm³/mol. The molecular weight excluding hydrogens is 214 g/mol. The third-order valence-electron chi connectivity index (χ3n) is 1.54. The summed E-state index contributed by atoms with van der Waals surface area (Å²) in [4.78, 5) is 3.74. The van der Waals surface area contributed by atoms with E-state index in [9.17, 15) is 8.42 Å². The van der Waals surface area contributed by atoms with E-state index >= 15 is 0 Å². The molecule has 1 aromatic rings. The van der Waals surface area contributed by atoms with Gasteiger partial charge >= 0.3 is 10.1 Å². The van der Waals surface area contributed by atoms with Crippen molar-refractivity contribution in [1.82, 2.24) is 4.98 Å². The van der Waals surface area contributed by atoms with Crippen molar-refractivity contribution in [3.05, 3.63) is 24.4 Å². The van der Waals surface area contributed by atoms with Crippen LogP contribution in [-0.2, 0) is 14.3 Å². The van der Waals surface area contributed by atoms with Gasteiger partial charge in [-0.3, -0.25) is 4.18 Å². The van der Waals surface area contributed by atoms with E-state index in [4.69, 9.17) is 4.18 Å². The SMILES string of the molecule is CC(C)(C)COS(=O)(=O)c1ccccn1. The van der Waals surface area contributed by atoms with Crippen LogP contribution in [-0.4, -0.2) is 20.0 Å². The summed E-state index contributed by atoms with van der Waals surface area (Å²) in [7, 11) is -3.70. The van der Waals surface area contributed by atoms with E-state index in [1.165, 1.54) is 12.3 Å². The molecule has 0 aromatic carbocycles. The van der Waals surface area contributed by atoms with Crippen LogP contribution < -0.4 is 0 Å². The highest BCUT2D eigenvalue weighted by Gasteiger charge is 2.20. The monoisotopic (exact) mass is 229 g/mol. The quantitative estimate of drug-likeness (QED) is 0.742. The molecule has 0 radical (unpaired) electrons. The molecule has 0 saturated heterocycles. The number of nitrogens with zero attached hydrogens (tertiary/aromatic N) is 1. The summed E-state index contributed by atoms with van der Waals surface area (Å²) in [5, 5.41) is -0.0470. The molecule has 0 aliphatic heterocycles. The predicted octanol–water partition coefficient (Wildman–Crippen LogP) is 1.83. The summed E-state index contributed by atoms with van der Waals surface area (Å²) in [5.74, 6) is 0. The Morgan fingerprint density at radius 1 is 1.33 bits per heavy atom. The summed E-state index contributed by atoms with van der Waals surface area (Å²) < 4.78 is 28.1. The van der Waals surface area contributed by atoms with Crippen LogP contribution in [0.15, 0.2) is 29.4 Å². The van der Waals surface area contributed by atoms with Crippen molar-refractivity contribution in [2.75, 3.05) is 6.61 Å². The molecule has 15 heavy (non-hydrogen) atoms. The zero-order valence-corrected chi connectivity index (χ0v) is 9.91. The summed E-state index contributed by atoms with van der Waals surface area (Å²) in [6.07, 6.45) is 1.42. The number of pyridine rings is 1. The fraction of sp³-hybridized carbons (Fsp3) is 0.500. The molecule has 5 heteroatoms. The van der Waals surface area contributed by atoms with Gasteiger partial charge in [-0.05, 0) is 17.5 Å². The van der Waals surface area contributed by atoms with Crippen molar-refractivity contribution >= 4 is 10.1 Å². The van der Waals surface area contributed by atoms with Crippen molar-refractivity contribution in [1.29, 1.82) is 0 Å². The average Bonchev–Trinajstić information content (AvgIpc) is 2.16. The molecule has 0 atom stereocenters. The molecule has 4 nitrogen and oxygen atoms in total. The zero-order valence-electron chi connectivity index (χ0n) is 9.10. The van der Waals surface area contributed by atoms with Gasteiger partial charge in [0.2, 0.25) is 0 Å². The molecule has 1 rings (SSSR count). The molecule has 84 valence electrons. The molecule has 0 bridgehead atoms. The Morgan fingerprint density at radius 3 is 2.47 bits per heavy atom. The second kappa shape index (κ2) is 4.28. The van der Waals surface area contributed by atoms with Crippen LogP contribution in [0.3, 0.4) is 0 Å². The Kier molecular flexibility index (Phi) is 3.46. The Morgan fingerprint density at radius 2 is 2.00 bits per heavy atom. The van der Waals surface area contributed by atoms with E-state index in [0.29, 0.717) is 0 Å². The number of hydrogen-bond donors (Lipinski definition) is 0. The van der Waals surface area contributed by atoms with Gasteiger partial charge in [-0.2, -0.15) is 8.42 Å². The topological polar surface area (TPSA) is 56.3 Å². The molecule has 0 fully saturated rings. The second-order valence-corrected chi connectivity index (χ2v) is 6.01. The molecule has 1 heterocycles. The van der Waals surface area contributed by atoms with E-state index in [2.05, 4.69) is 4.98 Å². The molecule has 0 aliphatic carbocycles. The van der Waals surface area contributed by atoms with Gasteiger partial charge in [0.15, 0.2) is 5.03 Å². The Bertz CT molecular complexity index is 406. The lowest BCUT2D eigenvalue weighted by Gasteiger charge is -2.17. The highest BCUT2D eigenvalue weighted by atomic mass is 32.2. The second-order valence-electron chi connectivity index (χ2n) is 4.44. The van der Waals surface area contributed by atoms with Gasteiger partial charge in [0.1, 0.15) is 0 Å². The van der Waals surface area contributed by atoms with Crippen LogP contribution in [0.5, 0.6) is 0 Å². The van der Waals surface area contributed by atoms with E-state index < -0.39 is 10.1 Å². The molecule has 0 amide bonds. The van der Waals surface area contributed by atoms with Crippen molar-refractivity contribution < 1.29 is 12.6 Å². The summed E-state index contributed by atoms with van der Waals surface area (Å²) in [5.41, 5.74) is -0.193. The third-order valence-corrected chi connectivity index (χ3v) is 2.72. The lowest BCUT2D eigenvalue weighted by atomic mass is 9.99. The summed E-state index contributed by atoms with van der Waals surface area (Å²) in [6.45, 7) is 5.86. The lowest BCUT2D eigenvalue weighted by molar-refractivity contribution is 0.203. The fourth-order valence-electron chi connectivity index (χ4n) is 0.810. The van der Waals surface area contributed by atoms with Gasteiger partial charge < -0.3 is 0 Å². The minimum atomic E-state index is -3.70. The zero-order chi connectivity index (χ0) is 11.5. The lowest BCUT2D eigenvalue weighted by Crippen LogP contribution is -2.19. The molecular formula is C10H15NO3S. The number of aromatic nitrogens is 1. The van der Waals surface area contributed by atoms with Crippen molar-refractivity contribution in [3.63, 3.8) is 0 Å². The van der Waals surface area contributed by atoms with Crippen molar-refractivity contribution in [2.24, 2.45) is 5.41 Å². The van der Waals surface area contributed by atoms with E-state index in [1.54, 1.807) is 12.1 Å². The molecule has 0 saturated carbocycles. The Labute approximate surface area is 90.4 Å². The maximum absolute atomic E-state index is 11.6. The highest BCUT2D eigenvalue weighted by molar-refractivity contribution is 7.86. The van der Waals surface area contributed by atoms with Crippen LogP contribution in [0.2, 0.25) is 0 Å². The minimum Gasteiger partial charge on any atom is -0.265 e. The van der Waals surface area contributed by atoms with Gasteiger partial charge in [0, 0.05) is 6.20 Å². The first-order valence-electron chi connectivity index (χ1n) is 4.62. The molecule has 0 N–H and O–H groups in total. The number of hydrogen-bond acceptors (Lipinski definition) is 4. The van der Waals surface area contributed by atoms with Crippen molar-refractivity contribution in [2.45, 2.75) is 25.8 Å². The first kappa shape index (κ1) is 12.1. The van der Waals surface area contributed by atoms with Crippen molar-refractivity contribution in [3.8, 4) is 0 Å². The van der Waals surface area contributed by atoms with Crippen LogP contribution >= 0.6 is 0 Å². The van der Waals surface area contributed by atoms with Gasteiger partial charge in [-0.15, -0.1) is 0 Å². The summed E-state index contributed by atoms with van der Waals surface area (Å²) >= 11 is 0. The molecule has 1 aromatic heterocycles. The van der Waals surface area contributed by atoms with Gasteiger partial charge in [-0.1, -0.05) is 26.8 Å². The van der Waals surface area contributed by atoms with Gasteiger partial charge in [-0.25, -0.2) is 4.98 Å². The number of rotatable bonds is 3. The maximum atomic E-state index is 11.6. The normalized spacial score (nSPS) is 12.7. The minimum absolute atomic E-state index is 0.0470. The largest absolute Gasteiger partial charge is 0.314 e. The van der Waals surface area contributed by atoms with E-state index in [0.717, 1.165) is 0 Å². The summed E-state index contributed by atoms with van der Waals surface area (Å²) in [6, 6.07) is 4.68.